The van der Waals surface area contributed by atoms with E-state index in [1.165, 1.54) is 5.56 Å². The minimum absolute atomic E-state index is 0. The highest BCUT2D eigenvalue weighted by molar-refractivity contribution is 14.0. The Hall–Kier alpha value is -1.70. The number of hydrogen-bond acceptors (Lipinski definition) is 4. The van der Waals surface area contributed by atoms with Crippen LogP contribution in [0.4, 0.5) is 0 Å². The summed E-state index contributed by atoms with van der Waals surface area (Å²) in [7, 11) is 2.05. The fraction of sp³-hybridized carbons (Fsp3) is 0.214. The van der Waals surface area contributed by atoms with Gasteiger partial charge in [-0.05, 0) is 17.7 Å². The number of rotatable bonds is 2. The number of aromatic nitrogens is 2. The van der Waals surface area contributed by atoms with Gasteiger partial charge < -0.3 is 19.9 Å². The summed E-state index contributed by atoms with van der Waals surface area (Å²) in [6.45, 7) is 1.82. The molecule has 20 heavy (non-hydrogen) atoms. The normalized spacial score (nSPS) is 12.7. The smallest absolute Gasteiger partial charge is 0.115 e. The van der Waals surface area contributed by atoms with E-state index in [0.29, 0.717) is 5.75 Å². The fourth-order valence-electron chi connectivity index (χ4n) is 1.74. The van der Waals surface area contributed by atoms with Crippen molar-refractivity contribution in [2.75, 3.05) is 13.7 Å². The fourth-order valence-corrected chi connectivity index (χ4v) is 1.74. The van der Waals surface area contributed by atoms with Gasteiger partial charge in [-0.25, -0.2) is 4.98 Å². The Bertz CT molecular complexity index is 481. The molecule has 5 nitrogen and oxygen atoms in total. The predicted molar refractivity (Wildman–Crippen MR) is 89.4 cm³/mol. The molecule has 1 aromatic carbocycles. The van der Waals surface area contributed by atoms with Gasteiger partial charge in [0.25, 0.3) is 0 Å². The van der Waals surface area contributed by atoms with E-state index in [-0.39, 0.29) is 24.0 Å². The Morgan fingerprint density at radius 2 is 2.00 bits per heavy atom. The van der Waals surface area contributed by atoms with Crippen molar-refractivity contribution < 1.29 is 5.11 Å². The number of phenols is 1. The van der Waals surface area contributed by atoms with E-state index < -0.39 is 0 Å². The third-order valence-electron chi connectivity index (χ3n) is 2.66. The summed E-state index contributed by atoms with van der Waals surface area (Å²) >= 11 is 0. The van der Waals surface area contributed by atoms with E-state index in [4.69, 9.17) is 5.11 Å². The van der Waals surface area contributed by atoms with Gasteiger partial charge in [0.2, 0.25) is 0 Å². The number of halogens is 1. The van der Waals surface area contributed by atoms with Crippen molar-refractivity contribution in [3.63, 3.8) is 0 Å². The molecule has 0 unspecified atom stereocenters. The molecular formula is C14H19IN4O. The van der Waals surface area contributed by atoms with E-state index in [0.717, 1.165) is 13.2 Å². The van der Waals surface area contributed by atoms with E-state index in [9.17, 15) is 0 Å². The van der Waals surface area contributed by atoms with Crippen molar-refractivity contribution in [3.05, 3.63) is 60.9 Å². The Morgan fingerprint density at radius 3 is 2.45 bits per heavy atom. The number of hydrogen-bond donors (Lipinski definition) is 2. The van der Waals surface area contributed by atoms with Crippen LogP contribution in [0.2, 0.25) is 0 Å². The first-order valence-corrected chi connectivity index (χ1v) is 6.07. The molecule has 0 bridgehead atoms. The first-order valence-electron chi connectivity index (χ1n) is 6.07. The Morgan fingerprint density at radius 1 is 1.25 bits per heavy atom. The molecule has 2 heterocycles. The van der Waals surface area contributed by atoms with Gasteiger partial charge in [-0.15, -0.1) is 24.0 Å². The largest absolute Gasteiger partial charge is 0.508 e. The van der Waals surface area contributed by atoms with E-state index in [1.54, 1.807) is 30.9 Å². The lowest BCUT2D eigenvalue weighted by molar-refractivity contribution is 0.291. The van der Waals surface area contributed by atoms with Crippen molar-refractivity contribution in [1.82, 2.24) is 19.8 Å². The monoisotopic (exact) mass is 386 g/mol. The average molecular weight is 386 g/mol. The third kappa shape index (κ3) is 5.52. The molecule has 0 aliphatic carbocycles. The molecule has 0 amide bonds. The number of H-pyrrole nitrogens is 1. The second-order valence-corrected chi connectivity index (χ2v) is 4.37. The summed E-state index contributed by atoms with van der Waals surface area (Å²) < 4.78 is 0. The van der Waals surface area contributed by atoms with E-state index in [1.807, 2.05) is 19.2 Å². The molecule has 0 fully saturated rings. The zero-order valence-corrected chi connectivity index (χ0v) is 13.6. The van der Waals surface area contributed by atoms with Crippen molar-refractivity contribution in [2.24, 2.45) is 0 Å². The highest BCUT2D eigenvalue weighted by Crippen LogP contribution is 2.13. The quantitative estimate of drug-likeness (QED) is 0.780. The Labute approximate surface area is 136 Å². The van der Waals surface area contributed by atoms with Crippen molar-refractivity contribution in [3.8, 4) is 5.75 Å². The molecule has 0 atom stereocenters. The predicted octanol–water partition coefficient (Wildman–Crippen LogP) is 2.60. The number of aromatic hydroxyl groups is 1. The van der Waals surface area contributed by atoms with Gasteiger partial charge in [-0.2, -0.15) is 0 Å². The molecule has 2 aromatic rings. The van der Waals surface area contributed by atoms with Gasteiger partial charge in [0, 0.05) is 38.4 Å². The SMILES string of the molecule is CN1C=CN(Cc2ccc(O)cc2)C1.I.c1c[nH]cn1. The van der Waals surface area contributed by atoms with Crippen LogP contribution in [0.3, 0.4) is 0 Å². The van der Waals surface area contributed by atoms with Crippen LogP contribution in [0, 0.1) is 0 Å². The van der Waals surface area contributed by atoms with Crippen molar-refractivity contribution >= 4 is 24.0 Å². The Kier molecular flexibility index (Phi) is 6.92. The number of imidazole rings is 1. The first kappa shape index (κ1) is 16.4. The molecule has 0 saturated carbocycles. The van der Waals surface area contributed by atoms with Gasteiger partial charge in [-0.3, -0.25) is 0 Å². The second-order valence-electron chi connectivity index (χ2n) is 4.37. The number of aromatic amines is 1. The second kappa shape index (κ2) is 8.47. The van der Waals surface area contributed by atoms with Crippen LogP contribution in [-0.4, -0.2) is 38.6 Å². The van der Waals surface area contributed by atoms with Gasteiger partial charge in [-0.1, -0.05) is 12.1 Å². The van der Waals surface area contributed by atoms with Crippen LogP contribution >= 0.6 is 24.0 Å². The number of nitrogens with one attached hydrogen (secondary N) is 1. The highest BCUT2D eigenvalue weighted by atomic mass is 127. The molecule has 6 heteroatoms. The first-order chi connectivity index (χ1) is 9.24. The number of benzene rings is 1. The van der Waals surface area contributed by atoms with E-state index >= 15 is 0 Å². The van der Waals surface area contributed by atoms with Crippen LogP contribution in [0.15, 0.2) is 55.4 Å². The third-order valence-corrected chi connectivity index (χ3v) is 2.66. The van der Waals surface area contributed by atoms with Crippen molar-refractivity contribution in [2.45, 2.75) is 6.54 Å². The number of phenolic OH excluding ortho intramolecular Hbond substituents is 1. The van der Waals surface area contributed by atoms with Gasteiger partial charge >= 0.3 is 0 Å². The molecule has 1 aromatic heterocycles. The van der Waals surface area contributed by atoms with Crippen LogP contribution in [0.1, 0.15) is 5.56 Å². The average Bonchev–Trinajstić information content (AvgIpc) is 3.07. The highest BCUT2D eigenvalue weighted by Gasteiger charge is 2.08. The topological polar surface area (TPSA) is 55.4 Å². The maximum Gasteiger partial charge on any atom is 0.115 e. The molecule has 2 N–H and O–H groups in total. The molecule has 0 spiro atoms. The van der Waals surface area contributed by atoms with E-state index in [2.05, 4.69) is 32.2 Å². The van der Waals surface area contributed by atoms with Gasteiger partial charge in [0.15, 0.2) is 0 Å². The zero-order chi connectivity index (χ0) is 13.5. The molecule has 0 radical (unpaired) electrons. The summed E-state index contributed by atoms with van der Waals surface area (Å²) in [6, 6.07) is 7.33. The summed E-state index contributed by atoms with van der Waals surface area (Å²) in [5.74, 6) is 0.322. The molecule has 3 rings (SSSR count). The molecular weight excluding hydrogens is 367 g/mol. The minimum Gasteiger partial charge on any atom is -0.508 e. The maximum absolute atomic E-state index is 9.12. The van der Waals surface area contributed by atoms with Crippen LogP contribution < -0.4 is 0 Å². The summed E-state index contributed by atoms with van der Waals surface area (Å²) in [6.07, 6.45) is 9.22. The zero-order valence-electron chi connectivity index (χ0n) is 11.3. The lowest BCUT2D eigenvalue weighted by Crippen LogP contribution is -2.21. The van der Waals surface area contributed by atoms with Crippen LogP contribution in [-0.2, 0) is 6.54 Å². The summed E-state index contributed by atoms with van der Waals surface area (Å²) in [4.78, 5) is 10.8. The van der Waals surface area contributed by atoms with Crippen LogP contribution in [0.5, 0.6) is 5.75 Å². The standard InChI is InChI=1S/C11H14N2O.C3H4N2.HI/c1-12-6-7-13(9-12)8-10-2-4-11(14)5-3-10;1-2-5-3-4-1;/h2-7,14H,8-9H2,1H3;1-3H,(H,4,5);1H. The molecule has 1 aliphatic rings. The Balaban J connectivity index is 0.000000283. The minimum atomic E-state index is 0. The number of nitrogens with zero attached hydrogens (tertiary/aromatic N) is 3. The molecule has 108 valence electrons. The maximum atomic E-state index is 9.12. The molecule has 1 aliphatic heterocycles. The summed E-state index contributed by atoms with van der Waals surface area (Å²) in [5.41, 5.74) is 1.21. The lowest BCUT2D eigenvalue weighted by atomic mass is 10.2. The van der Waals surface area contributed by atoms with Gasteiger partial charge in [0.05, 0.1) is 13.0 Å². The van der Waals surface area contributed by atoms with Crippen LogP contribution in [0.25, 0.3) is 0 Å². The molecule has 0 saturated heterocycles. The van der Waals surface area contributed by atoms with Crippen molar-refractivity contribution in [1.29, 1.82) is 0 Å². The van der Waals surface area contributed by atoms with Gasteiger partial charge in [0.1, 0.15) is 5.75 Å². The lowest BCUT2D eigenvalue weighted by Gasteiger charge is -2.17. The summed E-state index contributed by atoms with van der Waals surface area (Å²) in [5, 5.41) is 9.12.